The van der Waals surface area contributed by atoms with Crippen molar-refractivity contribution in [2.24, 2.45) is 0 Å². The van der Waals surface area contributed by atoms with Gasteiger partial charge in [-0.3, -0.25) is 9.59 Å². The minimum absolute atomic E-state index is 0.0119. The van der Waals surface area contributed by atoms with E-state index in [2.05, 4.69) is 0 Å². The van der Waals surface area contributed by atoms with E-state index in [0.717, 1.165) is 4.90 Å². The highest BCUT2D eigenvalue weighted by Gasteiger charge is 2.35. The molecule has 0 radical (unpaired) electrons. The Labute approximate surface area is 186 Å². The third-order valence-corrected chi connectivity index (χ3v) is 7.75. The van der Waals surface area contributed by atoms with Gasteiger partial charge in [-0.15, -0.1) is 11.3 Å². The van der Waals surface area contributed by atoms with Crippen LogP contribution in [-0.2, 0) is 26.8 Å². The molecule has 31 heavy (non-hydrogen) atoms. The number of hydrogen-bond acceptors (Lipinski definition) is 6. The topological polar surface area (TPSA) is 109 Å². The highest BCUT2D eigenvalue weighted by Crippen LogP contribution is 2.35. The lowest BCUT2D eigenvalue weighted by Crippen LogP contribution is -2.42. The number of carbonyl (C=O) groups is 3. The van der Waals surface area contributed by atoms with E-state index in [4.69, 9.17) is 11.6 Å². The van der Waals surface area contributed by atoms with Crippen molar-refractivity contribution in [3.63, 3.8) is 0 Å². The summed E-state index contributed by atoms with van der Waals surface area (Å²) in [4.78, 5) is 38.2. The molecule has 0 saturated heterocycles. The van der Waals surface area contributed by atoms with E-state index in [-0.39, 0.29) is 33.2 Å². The van der Waals surface area contributed by atoms with Crippen LogP contribution in [0.4, 0.5) is 5.69 Å². The van der Waals surface area contributed by atoms with Crippen LogP contribution in [0.15, 0.2) is 58.8 Å². The van der Waals surface area contributed by atoms with Crippen molar-refractivity contribution >= 4 is 56.2 Å². The molecule has 2 aromatic carbocycles. The maximum Gasteiger partial charge on any atom is 0.335 e. The lowest BCUT2D eigenvalue weighted by atomic mass is 10.1. The number of anilines is 1. The van der Waals surface area contributed by atoms with Crippen LogP contribution < -0.4 is 4.90 Å². The van der Waals surface area contributed by atoms with Gasteiger partial charge in [0.25, 0.3) is 5.91 Å². The van der Waals surface area contributed by atoms with Crippen molar-refractivity contribution in [1.29, 1.82) is 0 Å². The number of halogens is 1. The Morgan fingerprint density at radius 3 is 2.61 bits per heavy atom. The van der Waals surface area contributed by atoms with Gasteiger partial charge in [0.2, 0.25) is 5.91 Å². The van der Waals surface area contributed by atoms with Gasteiger partial charge in [0, 0.05) is 4.88 Å². The normalized spacial score (nSPS) is 13.9. The summed E-state index contributed by atoms with van der Waals surface area (Å²) in [6.07, 6.45) is 0.0119. The van der Waals surface area contributed by atoms with Gasteiger partial charge >= 0.3 is 5.97 Å². The predicted molar refractivity (Wildman–Crippen MR) is 116 cm³/mol. The number of imide groups is 1. The van der Waals surface area contributed by atoms with Gasteiger partial charge < -0.3 is 5.11 Å². The van der Waals surface area contributed by atoms with Crippen molar-refractivity contribution in [1.82, 2.24) is 0 Å². The molecule has 1 aromatic heterocycles. The second-order valence-electron chi connectivity index (χ2n) is 6.80. The zero-order valence-electron chi connectivity index (χ0n) is 15.7. The molecule has 0 unspecified atom stereocenters. The standard InChI is InChI=1S/C21H14ClNO6S2/c22-16-6-5-13(31(28,29)11-12-3-1-2-4-14(12)21(26)27)9-17(16)23-19(24)10-18-15(20(23)25)7-8-30-18/h1-9H,10-11H2,(H,26,27). The number of carboxylic acids is 1. The largest absolute Gasteiger partial charge is 0.478 e. The van der Waals surface area contributed by atoms with Gasteiger partial charge in [-0.2, -0.15) is 0 Å². The minimum atomic E-state index is -4.00. The van der Waals surface area contributed by atoms with E-state index in [9.17, 15) is 27.9 Å². The Hall–Kier alpha value is -3.01. The van der Waals surface area contributed by atoms with Crippen molar-refractivity contribution in [2.75, 3.05) is 4.90 Å². The smallest absolute Gasteiger partial charge is 0.335 e. The summed E-state index contributed by atoms with van der Waals surface area (Å²) in [7, 11) is -4.00. The van der Waals surface area contributed by atoms with Gasteiger partial charge in [0.15, 0.2) is 9.84 Å². The second-order valence-corrected chi connectivity index (χ2v) is 10.2. The van der Waals surface area contributed by atoms with Gasteiger partial charge in [-0.25, -0.2) is 18.1 Å². The number of rotatable bonds is 5. The molecule has 0 atom stereocenters. The molecule has 1 N–H and O–H groups in total. The van der Waals surface area contributed by atoms with E-state index >= 15 is 0 Å². The van der Waals surface area contributed by atoms with Crippen LogP contribution in [0.1, 0.15) is 31.2 Å². The van der Waals surface area contributed by atoms with Crippen molar-refractivity contribution in [3.8, 4) is 0 Å². The van der Waals surface area contributed by atoms with Crippen LogP contribution in [0.2, 0.25) is 5.02 Å². The molecule has 10 heteroatoms. The number of amides is 2. The summed E-state index contributed by atoms with van der Waals surface area (Å²) in [5.74, 6) is -2.88. The average Bonchev–Trinajstić information content (AvgIpc) is 3.17. The summed E-state index contributed by atoms with van der Waals surface area (Å²) in [6.45, 7) is 0. The number of fused-ring (bicyclic) bond motifs is 1. The fraction of sp³-hybridized carbons (Fsp3) is 0.0952. The first kappa shape index (κ1) is 21.2. The zero-order chi connectivity index (χ0) is 22.3. The molecule has 0 spiro atoms. The SMILES string of the molecule is O=C(O)c1ccccc1CS(=O)(=O)c1ccc(Cl)c(N2C(=O)Cc3sccc3C2=O)c1. The Kier molecular flexibility index (Phi) is 5.42. The monoisotopic (exact) mass is 475 g/mol. The predicted octanol–water partition coefficient (Wildman–Crippen LogP) is 3.80. The zero-order valence-corrected chi connectivity index (χ0v) is 18.1. The van der Waals surface area contributed by atoms with Crippen LogP contribution in [0, 0.1) is 0 Å². The quantitative estimate of drug-likeness (QED) is 0.562. The molecule has 7 nitrogen and oxygen atoms in total. The van der Waals surface area contributed by atoms with Gasteiger partial charge in [-0.1, -0.05) is 29.8 Å². The molecule has 2 amide bonds. The molecular weight excluding hydrogens is 462 g/mol. The maximum atomic E-state index is 13.0. The van der Waals surface area contributed by atoms with Crippen molar-refractivity contribution in [2.45, 2.75) is 17.1 Å². The number of sulfone groups is 1. The summed E-state index contributed by atoms with van der Waals surface area (Å²) in [6, 6.07) is 11.2. The molecule has 1 aliphatic heterocycles. The fourth-order valence-corrected chi connectivity index (χ4v) is 5.82. The lowest BCUT2D eigenvalue weighted by molar-refractivity contribution is -0.117. The Morgan fingerprint density at radius 1 is 1.13 bits per heavy atom. The number of aromatic carboxylic acids is 1. The highest BCUT2D eigenvalue weighted by molar-refractivity contribution is 7.90. The third kappa shape index (κ3) is 3.87. The van der Waals surface area contributed by atoms with Crippen LogP contribution >= 0.6 is 22.9 Å². The van der Waals surface area contributed by atoms with E-state index in [1.54, 1.807) is 17.5 Å². The number of hydrogen-bond donors (Lipinski definition) is 1. The number of thiophene rings is 1. The van der Waals surface area contributed by atoms with Gasteiger partial charge in [-0.05, 0) is 41.3 Å². The molecule has 0 saturated carbocycles. The summed E-state index contributed by atoms with van der Waals surface area (Å²) < 4.78 is 26.0. The van der Waals surface area contributed by atoms with Gasteiger partial charge in [0.1, 0.15) is 0 Å². The fourth-order valence-electron chi connectivity index (χ4n) is 3.36. The summed E-state index contributed by atoms with van der Waals surface area (Å²) in [5.41, 5.74) is 0.358. The molecule has 3 aromatic rings. The average molecular weight is 476 g/mol. The highest BCUT2D eigenvalue weighted by atomic mass is 35.5. The van der Waals surface area contributed by atoms with Gasteiger partial charge in [0.05, 0.1) is 38.9 Å². The molecule has 1 aliphatic rings. The second kappa shape index (κ2) is 7.92. The van der Waals surface area contributed by atoms with Crippen LogP contribution in [-0.4, -0.2) is 31.3 Å². The van der Waals surface area contributed by atoms with Crippen LogP contribution in [0.3, 0.4) is 0 Å². The van der Waals surface area contributed by atoms with Crippen molar-refractivity contribution < 1.29 is 27.9 Å². The Morgan fingerprint density at radius 2 is 1.87 bits per heavy atom. The minimum Gasteiger partial charge on any atom is -0.478 e. The number of benzene rings is 2. The third-order valence-electron chi connectivity index (χ3n) is 4.85. The van der Waals surface area contributed by atoms with E-state index in [0.29, 0.717) is 10.4 Å². The van der Waals surface area contributed by atoms with E-state index < -0.39 is 33.4 Å². The molecular formula is C21H14ClNO6S2. The lowest BCUT2D eigenvalue weighted by Gasteiger charge is -2.26. The summed E-state index contributed by atoms with van der Waals surface area (Å²) >= 11 is 7.52. The first-order valence-electron chi connectivity index (χ1n) is 8.96. The number of carbonyl (C=O) groups excluding carboxylic acids is 2. The first-order chi connectivity index (χ1) is 14.7. The van der Waals surface area contributed by atoms with Crippen molar-refractivity contribution in [3.05, 3.63) is 80.5 Å². The summed E-state index contributed by atoms with van der Waals surface area (Å²) in [5, 5.41) is 11.1. The molecule has 0 aliphatic carbocycles. The molecule has 0 fully saturated rings. The van der Waals surface area contributed by atoms with Crippen LogP contribution in [0.25, 0.3) is 0 Å². The Balaban J connectivity index is 1.74. The number of carboxylic acid groups (broad SMARTS) is 1. The first-order valence-corrected chi connectivity index (χ1v) is 11.9. The number of nitrogens with zero attached hydrogens (tertiary/aromatic N) is 1. The molecule has 2 heterocycles. The molecule has 0 bridgehead atoms. The Bertz CT molecular complexity index is 1350. The maximum absolute atomic E-state index is 13.0. The van der Waals surface area contributed by atoms with E-state index in [1.807, 2.05) is 0 Å². The molecule has 158 valence electrons. The van der Waals surface area contributed by atoms with Crippen LogP contribution in [0.5, 0.6) is 0 Å². The van der Waals surface area contributed by atoms with E-state index in [1.165, 1.54) is 47.7 Å². The molecule has 4 rings (SSSR count).